The lowest BCUT2D eigenvalue weighted by molar-refractivity contribution is -0.0291. The van der Waals surface area contributed by atoms with Gasteiger partial charge in [-0.15, -0.1) is 0 Å². The van der Waals surface area contributed by atoms with E-state index < -0.39 is 13.3 Å². The van der Waals surface area contributed by atoms with E-state index in [9.17, 15) is 4.57 Å². The van der Waals surface area contributed by atoms with Gasteiger partial charge in [0, 0.05) is 40.3 Å². The summed E-state index contributed by atoms with van der Waals surface area (Å²) in [6.07, 6.45) is 0.954. The van der Waals surface area contributed by atoms with E-state index in [1.54, 1.807) is 0 Å². The van der Waals surface area contributed by atoms with Gasteiger partial charge < -0.3 is 14.5 Å². The van der Waals surface area contributed by atoms with Gasteiger partial charge in [0.05, 0.1) is 18.3 Å². The van der Waals surface area contributed by atoms with Crippen molar-refractivity contribution < 1.29 is 13.8 Å². The maximum absolute atomic E-state index is 13.9. The zero-order valence-corrected chi connectivity index (χ0v) is 18.7. The third kappa shape index (κ3) is 5.95. The molecule has 1 unspecified atom stereocenters. The molecule has 0 aromatic carbocycles. The minimum absolute atomic E-state index is 0.0416. The molecule has 0 N–H and O–H groups in total. The Balaban J connectivity index is 2.29. The van der Waals surface area contributed by atoms with Crippen LogP contribution in [0.4, 0.5) is 0 Å². The van der Waals surface area contributed by atoms with Crippen LogP contribution in [0.5, 0.6) is 0 Å². The van der Waals surface area contributed by atoms with Crippen molar-refractivity contribution in [2.75, 3.05) is 46.9 Å². The highest BCUT2D eigenvalue weighted by molar-refractivity contribution is 7.55. The smallest absolute Gasteiger partial charge is 0.376 e. The lowest BCUT2D eigenvalue weighted by Gasteiger charge is -2.39. The van der Waals surface area contributed by atoms with Gasteiger partial charge in [-0.05, 0) is 32.6 Å². The quantitative estimate of drug-likeness (QED) is 0.689. The highest BCUT2D eigenvalue weighted by Gasteiger charge is 2.41. The molecule has 26 heavy (non-hydrogen) atoms. The van der Waals surface area contributed by atoms with Crippen LogP contribution in [0.15, 0.2) is 4.76 Å². The molecule has 0 spiro atoms. The molecule has 2 saturated heterocycles. The van der Waals surface area contributed by atoms with E-state index in [1.807, 2.05) is 49.3 Å². The minimum Gasteiger partial charge on any atom is -0.376 e. The number of guanidine groups is 1. The summed E-state index contributed by atoms with van der Waals surface area (Å²) in [7, 11) is 0.570. The van der Waals surface area contributed by atoms with Crippen molar-refractivity contribution in [1.29, 1.82) is 0 Å². The Morgan fingerprint density at radius 2 is 1.69 bits per heavy atom. The first kappa shape index (κ1) is 21.7. The van der Waals surface area contributed by atoms with Gasteiger partial charge in [-0.3, -0.25) is 4.52 Å². The Kier molecular flexibility index (Phi) is 6.49. The van der Waals surface area contributed by atoms with Crippen molar-refractivity contribution >= 4 is 13.6 Å². The van der Waals surface area contributed by atoms with Crippen LogP contribution < -0.4 is 0 Å². The van der Waals surface area contributed by atoms with E-state index in [4.69, 9.17) is 9.26 Å². The highest BCUT2D eigenvalue weighted by Crippen LogP contribution is 2.56. The van der Waals surface area contributed by atoms with Crippen LogP contribution in [0.1, 0.15) is 48.0 Å². The lowest BCUT2D eigenvalue weighted by Crippen LogP contribution is -2.43. The van der Waals surface area contributed by atoms with Crippen LogP contribution >= 0.6 is 7.67 Å². The summed E-state index contributed by atoms with van der Waals surface area (Å²) in [4.78, 5) is 4.07. The fraction of sp³-hybridized carbons (Fsp3) is 0.944. The summed E-state index contributed by atoms with van der Waals surface area (Å²) in [5, 5.41) is 0. The SMILES string of the molecule is CN1CCN(C)C1=NP(=O)(OC(C)(C)C)N1CCO[C@H](CC(C)(C)C)C1. The van der Waals surface area contributed by atoms with E-state index in [0.29, 0.717) is 19.7 Å². The molecule has 152 valence electrons. The average molecular weight is 388 g/mol. The molecule has 8 heteroatoms. The van der Waals surface area contributed by atoms with Crippen molar-refractivity contribution in [3.05, 3.63) is 0 Å². The predicted molar refractivity (Wildman–Crippen MR) is 107 cm³/mol. The van der Waals surface area contributed by atoms with Crippen LogP contribution in [0.25, 0.3) is 0 Å². The van der Waals surface area contributed by atoms with Gasteiger partial charge in [0.1, 0.15) is 0 Å². The molecule has 0 radical (unpaired) electrons. The molecule has 0 saturated carbocycles. The van der Waals surface area contributed by atoms with Gasteiger partial charge in [0.15, 0.2) is 0 Å². The second-order valence-electron chi connectivity index (χ2n) is 9.61. The topological polar surface area (TPSA) is 57.6 Å². The molecule has 2 atom stereocenters. The summed E-state index contributed by atoms with van der Waals surface area (Å²) >= 11 is 0. The normalized spacial score (nSPS) is 25.5. The average Bonchev–Trinajstić information content (AvgIpc) is 2.75. The minimum atomic E-state index is -3.39. The Morgan fingerprint density at radius 1 is 1.12 bits per heavy atom. The van der Waals surface area contributed by atoms with Crippen molar-refractivity contribution in [3.63, 3.8) is 0 Å². The largest absolute Gasteiger partial charge is 0.393 e. The first-order valence-electron chi connectivity index (χ1n) is 9.49. The van der Waals surface area contributed by atoms with Gasteiger partial charge in [-0.2, -0.15) is 4.76 Å². The fourth-order valence-corrected chi connectivity index (χ4v) is 5.55. The van der Waals surface area contributed by atoms with Gasteiger partial charge in [0.2, 0.25) is 5.96 Å². The summed E-state index contributed by atoms with van der Waals surface area (Å²) in [5.41, 5.74) is -0.395. The zero-order chi connectivity index (χ0) is 19.8. The van der Waals surface area contributed by atoms with Crippen LogP contribution in [0.3, 0.4) is 0 Å². The molecule has 2 aliphatic heterocycles. The van der Waals surface area contributed by atoms with Gasteiger partial charge in [-0.1, -0.05) is 20.8 Å². The highest BCUT2D eigenvalue weighted by atomic mass is 31.2. The number of hydrogen-bond acceptors (Lipinski definition) is 3. The summed E-state index contributed by atoms with van der Waals surface area (Å²) in [5.74, 6) is 0.733. The van der Waals surface area contributed by atoms with E-state index in [1.165, 1.54) is 0 Å². The zero-order valence-electron chi connectivity index (χ0n) is 17.8. The summed E-state index contributed by atoms with van der Waals surface area (Å²) < 4.78 is 32.6. The van der Waals surface area contributed by atoms with Crippen LogP contribution in [0.2, 0.25) is 0 Å². The molecule has 0 aliphatic carbocycles. The molecule has 2 aliphatic rings. The van der Waals surface area contributed by atoms with Gasteiger partial charge in [0.25, 0.3) is 0 Å². The second-order valence-corrected chi connectivity index (χ2v) is 11.5. The van der Waals surface area contributed by atoms with E-state index >= 15 is 0 Å². The Morgan fingerprint density at radius 3 is 2.19 bits per heavy atom. The third-order valence-corrected chi connectivity index (χ3v) is 6.67. The molecule has 2 fully saturated rings. The number of nitrogens with zero attached hydrogens (tertiary/aromatic N) is 4. The number of likely N-dealkylation sites (N-methyl/N-ethyl adjacent to an activating group) is 2. The molecular weight excluding hydrogens is 351 g/mol. The van der Waals surface area contributed by atoms with E-state index in [0.717, 1.165) is 25.5 Å². The first-order valence-corrected chi connectivity index (χ1v) is 11.0. The Hall–Kier alpha value is -0.620. The Labute approximate surface area is 159 Å². The van der Waals surface area contributed by atoms with Crippen molar-refractivity contribution in [3.8, 4) is 0 Å². The van der Waals surface area contributed by atoms with Gasteiger partial charge in [-0.25, -0.2) is 9.24 Å². The molecular formula is C18H37N4O3P. The predicted octanol–water partition coefficient (Wildman–Crippen LogP) is 3.28. The maximum atomic E-state index is 13.9. The summed E-state index contributed by atoms with van der Waals surface area (Å²) in [6, 6.07) is 0. The second kappa shape index (κ2) is 7.78. The standard InChI is InChI=1S/C18H37N4O3P/c1-17(2,3)13-15-14-22(11-12-24-15)26(23,25-18(4,5)6)19-16-20(7)9-10-21(16)8/h15H,9-14H2,1-8H3/t15-,26?/m1/s1. The maximum Gasteiger partial charge on any atom is 0.393 e. The van der Waals surface area contributed by atoms with Crippen molar-refractivity contribution in [2.45, 2.75) is 59.7 Å². The molecule has 0 amide bonds. The number of morpholine rings is 1. The Bertz CT molecular complexity index is 556. The lowest BCUT2D eigenvalue weighted by atomic mass is 9.89. The number of ether oxygens (including phenoxy) is 1. The first-order chi connectivity index (χ1) is 11.8. The molecule has 0 aromatic rings. The monoisotopic (exact) mass is 388 g/mol. The van der Waals surface area contributed by atoms with Crippen molar-refractivity contribution in [2.24, 2.45) is 10.2 Å². The molecule has 2 rings (SSSR count). The molecule has 0 bridgehead atoms. The third-order valence-electron chi connectivity index (χ3n) is 4.38. The van der Waals surface area contributed by atoms with Crippen LogP contribution in [-0.4, -0.2) is 79.0 Å². The summed E-state index contributed by atoms with van der Waals surface area (Å²) in [6.45, 7) is 15.8. The number of hydrogen-bond donors (Lipinski definition) is 0. The molecule has 0 aromatic heterocycles. The molecule has 2 heterocycles. The van der Waals surface area contributed by atoms with E-state index in [2.05, 4.69) is 25.5 Å². The van der Waals surface area contributed by atoms with Gasteiger partial charge >= 0.3 is 7.67 Å². The number of rotatable bonds is 4. The molecule has 7 nitrogen and oxygen atoms in total. The van der Waals surface area contributed by atoms with Crippen LogP contribution in [-0.2, 0) is 13.8 Å². The van der Waals surface area contributed by atoms with Crippen molar-refractivity contribution in [1.82, 2.24) is 14.5 Å². The van der Waals surface area contributed by atoms with Crippen LogP contribution in [0, 0.1) is 5.41 Å². The fourth-order valence-electron chi connectivity index (χ4n) is 3.30. The van der Waals surface area contributed by atoms with E-state index in [-0.39, 0.29) is 11.5 Å².